The van der Waals surface area contributed by atoms with Gasteiger partial charge in [-0.1, -0.05) is 59.9 Å². The molecule has 0 saturated carbocycles. The third-order valence-corrected chi connectivity index (χ3v) is 10.3. The van der Waals surface area contributed by atoms with Crippen LogP contribution in [0.15, 0.2) is 95.9 Å². The molecular formula is C32H29N3O3S2. The first-order valence-corrected chi connectivity index (χ1v) is 15.5. The molecule has 4 aromatic carbocycles. The Bertz CT molecular complexity index is 1780. The molecule has 0 saturated heterocycles. The molecule has 1 amide bonds. The van der Waals surface area contributed by atoms with Crippen molar-refractivity contribution in [2.75, 3.05) is 15.7 Å². The van der Waals surface area contributed by atoms with E-state index in [1.54, 1.807) is 17.0 Å². The molecule has 6 rings (SSSR count). The molecule has 0 fully saturated rings. The van der Waals surface area contributed by atoms with Crippen molar-refractivity contribution < 1.29 is 13.2 Å². The summed E-state index contributed by atoms with van der Waals surface area (Å²) < 4.78 is 29.7. The van der Waals surface area contributed by atoms with Crippen LogP contribution in [0.5, 0.6) is 0 Å². The van der Waals surface area contributed by atoms with Crippen molar-refractivity contribution in [2.45, 2.75) is 38.1 Å². The normalized spacial score (nSPS) is 13.3. The van der Waals surface area contributed by atoms with Crippen molar-refractivity contribution in [1.29, 1.82) is 0 Å². The number of thiazole rings is 1. The van der Waals surface area contributed by atoms with E-state index < -0.39 is 10.0 Å². The summed E-state index contributed by atoms with van der Waals surface area (Å²) in [7, 11) is -3.77. The summed E-state index contributed by atoms with van der Waals surface area (Å²) in [6, 6.07) is 27.8. The molecule has 8 heteroatoms. The van der Waals surface area contributed by atoms with Gasteiger partial charge in [-0.15, -0.1) is 0 Å². The maximum atomic E-state index is 13.9. The zero-order valence-corrected chi connectivity index (χ0v) is 24.0. The van der Waals surface area contributed by atoms with E-state index >= 15 is 0 Å². The molecule has 202 valence electrons. The van der Waals surface area contributed by atoms with Crippen molar-refractivity contribution >= 4 is 48.3 Å². The van der Waals surface area contributed by atoms with Crippen LogP contribution in [0, 0.1) is 13.8 Å². The number of rotatable bonds is 6. The zero-order valence-electron chi connectivity index (χ0n) is 22.4. The standard InChI is InChI=1S/C32H29N3O3S2/c1-22-19-28-30(20-23(22)2)39-32(33-28)34(21-24-9-4-3-5-10-24)31(36)26-14-16-27(17-15-26)40(37,38)35-18-8-12-25-11-6-7-13-29(25)35/h3-7,9-11,13-17,19-20H,8,12,18,21H2,1-2H3. The number of aryl methyl sites for hydroxylation is 3. The molecule has 0 spiro atoms. The van der Waals surface area contributed by atoms with Crippen LogP contribution in [-0.4, -0.2) is 25.9 Å². The molecule has 1 aliphatic rings. The maximum absolute atomic E-state index is 13.9. The molecule has 2 heterocycles. The largest absolute Gasteiger partial charge is 0.279 e. The van der Waals surface area contributed by atoms with Crippen LogP contribution in [0.4, 0.5) is 10.8 Å². The van der Waals surface area contributed by atoms with Gasteiger partial charge >= 0.3 is 0 Å². The Labute approximate surface area is 238 Å². The fraction of sp³-hybridized carbons (Fsp3) is 0.188. The first-order valence-electron chi connectivity index (χ1n) is 13.3. The Balaban J connectivity index is 1.33. The van der Waals surface area contributed by atoms with Gasteiger partial charge in [0.15, 0.2) is 5.13 Å². The zero-order chi connectivity index (χ0) is 27.9. The molecule has 0 radical (unpaired) electrons. The fourth-order valence-corrected chi connectivity index (χ4v) is 7.66. The summed E-state index contributed by atoms with van der Waals surface area (Å²) in [5, 5.41) is 0.607. The second-order valence-corrected chi connectivity index (χ2v) is 13.0. The number of fused-ring (bicyclic) bond motifs is 2. The minimum absolute atomic E-state index is 0.168. The van der Waals surface area contributed by atoms with E-state index in [-0.39, 0.29) is 10.8 Å². The predicted octanol–water partition coefficient (Wildman–Crippen LogP) is 6.90. The number of anilines is 2. The molecule has 40 heavy (non-hydrogen) atoms. The number of aromatic nitrogens is 1. The van der Waals surface area contributed by atoms with Gasteiger partial charge in [0.25, 0.3) is 15.9 Å². The number of sulfonamides is 1. The lowest BCUT2D eigenvalue weighted by Gasteiger charge is -2.30. The topological polar surface area (TPSA) is 70.6 Å². The highest BCUT2D eigenvalue weighted by atomic mass is 32.2. The van der Waals surface area contributed by atoms with E-state index in [0.29, 0.717) is 23.8 Å². The highest BCUT2D eigenvalue weighted by Gasteiger charge is 2.29. The van der Waals surface area contributed by atoms with E-state index in [9.17, 15) is 13.2 Å². The summed E-state index contributed by atoms with van der Waals surface area (Å²) >= 11 is 1.48. The monoisotopic (exact) mass is 567 g/mol. The number of amides is 1. The molecule has 1 aromatic heterocycles. The van der Waals surface area contributed by atoms with Crippen LogP contribution >= 0.6 is 11.3 Å². The van der Waals surface area contributed by atoms with Gasteiger partial charge in [-0.25, -0.2) is 13.4 Å². The maximum Gasteiger partial charge on any atom is 0.264 e. The van der Waals surface area contributed by atoms with Crippen LogP contribution < -0.4 is 9.21 Å². The average molecular weight is 568 g/mol. The summed E-state index contributed by atoms with van der Waals surface area (Å²) in [6.45, 7) is 4.90. The summed E-state index contributed by atoms with van der Waals surface area (Å²) in [4.78, 5) is 20.6. The lowest BCUT2D eigenvalue weighted by Crippen LogP contribution is -2.35. The lowest BCUT2D eigenvalue weighted by molar-refractivity contribution is 0.0985. The van der Waals surface area contributed by atoms with Crippen LogP contribution in [0.2, 0.25) is 0 Å². The highest BCUT2D eigenvalue weighted by Crippen LogP contribution is 2.34. The van der Waals surface area contributed by atoms with Crippen molar-refractivity contribution in [3.8, 4) is 0 Å². The summed E-state index contributed by atoms with van der Waals surface area (Å²) in [6.07, 6.45) is 1.63. The Kier molecular flexibility index (Phi) is 6.90. The molecule has 0 atom stereocenters. The number of hydrogen-bond donors (Lipinski definition) is 0. The van der Waals surface area contributed by atoms with Gasteiger partial charge in [0, 0.05) is 12.1 Å². The van der Waals surface area contributed by atoms with E-state index in [1.807, 2.05) is 60.7 Å². The number of carbonyl (C=O) groups excluding carboxylic acids is 1. The Morgan fingerprint density at radius 3 is 2.40 bits per heavy atom. The number of nitrogens with zero attached hydrogens (tertiary/aromatic N) is 3. The second-order valence-electron chi connectivity index (χ2n) is 10.1. The van der Waals surface area contributed by atoms with Gasteiger partial charge in [-0.2, -0.15) is 0 Å². The first kappa shape index (κ1) is 26.2. The Hall–Kier alpha value is -4.01. The Morgan fingerprint density at radius 2 is 1.62 bits per heavy atom. The summed E-state index contributed by atoms with van der Waals surface area (Å²) in [5.74, 6) is -0.233. The average Bonchev–Trinajstić information content (AvgIpc) is 3.38. The first-order chi connectivity index (χ1) is 19.3. The smallest absolute Gasteiger partial charge is 0.264 e. The third-order valence-electron chi connectivity index (χ3n) is 7.41. The molecular weight excluding hydrogens is 539 g/mol. The van der Waals surface area contributed by atoms with Gasteiger partial charge in [-0.3, -0.25) is 14.0 Å². The second kappa shape index (κ2) is 10.5. The minimum Gasteiger partial charge on any atom is -0.279 e. The highest BCUT2D eigenvalue weighted by molar-refractivity contribution is 7.92. The minimum atomic E-state index is -3.77. The molecule has 0 aliphatic carbocycles. The molecule has 5 aromatic rings. The number of hydrogen-bond acceptors (Lipinski definition) is 5. The van der Waals surface area contributed by atoms with Gasteiger partial charge < -0.3 is 0 Å². The van der Waals surface area contributed by atoms with Crippen molar-refractivity contribution in [1.82, 2.24) is 4.98 Å². The van der Waals surface area contributed by atoms with Gasteiger partial charge in [0.05, 0.1) is 27.3 Å². The number of para-hydroxylation sites is 1. The predicted molar refractivity (Wildman–Crippen MR) is 162 cm³/mol. The van der Waals surface area contributed by atoms with Crippen LogP contribution in [-0.2, 0) is 23.0 Å². The number of carbonyl (C=O) groups is 1. The lowest BCUT2D eigenvalue weighted by atomic mass is 10.0. The number of benzene rings is 4. The molecule has 0 bridgehead atoms. The van der Waals surface area contributed by atoms with Crippen molar-refractivity contribution in [3.05, 3.63) is 119 Å². The third kappa shape index (κ3) is 4.89. The summed E-state index contributed by atoms with van der Waals surface area (Å²) in [5.41, 5.74) is 6.32. The molecule has 0 unspecified atom stereocenters. The van der Waals surface area contributed by atoms with Crippen LogP contribution in [0.25, 0.3) is 10.2 Å². The van der Waals surface area contributed by atoms with Crippen LogP contribution in [0.1, 0.15) is 39.0 Å². The van der Waals surface area contributed by atoms with Gasteiger partial charge in [-0.05, 0) is 91.4 Å². The quantitative estimate of drug-likeness (QED) is 0.224. The van der Waals surface area contributed by atoms with E-state index in [2.05, 4.69) is 19.9 Å². The van der Waals surface area contributed by atoms with E-state index in [4.69, 9.17) is 4.98 Å². The molecule has 1 aliphatic heterocycles. The molecule has 6 nitrogen and oxygen atoms in total. The molecule has 0 N–H and O–H groups in total. The van der Waals surface area contributed by atoms with E-state index in [0.717, 1.165) is 45.4 Å². The SMILES string of the molecule is Cc1cc2nc(N(Cc3ccccc3)C(=O)c3ccc(S(=O)(=O)N4CCCc5ccccc54)cc3)sc2cc1C. The van der Waals surface area contributed by atoms with Gasteiger partial charge in [0.2, 0.25) is 0 Å². The van der Waals surface area contributed by atoms with Crippen molar-refractivity contribution in [2.24, 2.45) is 0 Å². The van der Waals surface area contributed by atoms with E-state index in [1.165, 1.54) is 33.3 Å². The van der Waals surface area contributed by atoms with Crippen LogP contribution in [0.3, 0.4) is 0 Å². The Morgan fingerprint density at radius 1 is 0.925 bits per heavy atom. The van der Waals surface area contributed by atoms with Gasteiger partial charge in [0.1, 0.15) is 0 Å². The fourth-order valence-electron chi connectivity index (χ4n) is 5.08. The van der Waals surface area contributed by atoms with Crippen molar-refractivity contribution in [3.63, 3.8) is 0 Å².